The molecule has 0 aliphatic rings. The molecule has 2 aromatic heterocycles. The van der Waals surface area contributed by atoms with Gasteiger partial charge in [-0.2, -0.15) is 0 Å². The van der Waals surface area contributed by atoms with Gasteiger partial charge in [-0.1, -0.05) is 51.1 Å². The third-order valence-electron chi connectivity index (χ3n) is 5.54. The largest absolute Gasteiger partial charge is 0.324 e. The number of anilines is 1. The second-order valence-electron chi connectivity index (χ2n) is 7.95. The van der Waals surface area contributed by atoms with E-state index < -0.39 is 6.04 Å². The SMILES string of the molecule is CCC(C(=O)Nc1ccccc1C(C)C)n1cnc2scc(-c3ccc(F)cc3)c2c1=O. The van der Waals surface area contributed by atoms with E-state index in [0.29, 0.717) is 22.2 Å². The molecule has 4 rings (SSSR count). The summed E-state index contributed by atoms with van der Waals surface area (Å²) >= 11 is 1.35. The highest BCUT2D eigenvalue weighted by Crippen LogP contribution is 2.31. The number of amides is 1. The molecule has 0 radical (unpaired) electrons. The van der Waals surface area contributed by atoms with Crippen LogP contribution in [0.25, 0.3) is 21.3 Å². The van der Waals surface area contributed by atoms with Gasteiger partial charge in [-0.3, -0.25) is 14.2 Å². The van der Waals surface area contributed by atoms with Gasteiger partial charge in [-0.05, 0) is 41.7 Å². The number of fused-ring (bicyclic) bond motifs is 1. The number of aromatic nitrogens is 2. The van der Waals surface area contributed by atoms with Crippen LogP contribution in [0.1, 0.15) is 44.7 Å². The van der Waals surface area contributed by atoms with E-state index in [0.717, 1.165) is 16.8 Å². The van der Waals surface area contributed by atoms with Crippen LogP contribution in [0.5, 0.6) is 0 Å². The highest BCUT2D eigenvalue weighted by Gasteiger charge is 2.23. The summed E-state index contributed by atoms with van der Waals surface area (Å²) in [7, 11) is 0. The van der Waals surface area contributed by atoms with Crippen LogP contribution in [0.2, 0.25) is 0 Å². The molecule has 1 amide bonds. The van der Waals surface area contributed by atoms with Crippen molar-refractivity contribution in [1.29, 1.82) is 0 Å². The predicted octanol–water partition coefficient (Wildman–Crippen LogP) is 5.98. The molecule has 0 fully saturated rings. The fourth-order valence-electron chi connectivity index (χ4n) is 3.85. The van der Waals surface area contributed by atoms with Crippen molar-refractivity contribution in [2.45, 2.75) is 39.2 Å². The summed E-state index contributed by atoms with van der Waals surface area (Å²) in [5, 5.41) is 5.28. The number of hydrogen-bond acceptors (Lipinski definition) is 4. The van der Waals surface area contributed by atoms with E-state index in [-0.39, 0.29) is 23.2 Å². The Balaban J connectivity index is 1.74. The van der Waals surface area contributed by atoms with Gasteiger partial charge in [-0.15, -0.1) is 11.3 Å². The van der Waals surface area contributed by atoms with Crippen LogP contribution in [0.4, 0.5) is 10.1 Å². The third-order valence-corrected chi connectivity index (χ3v) is 6.43. The minimum atomic E-state index is -0.708. The molecule has 5 nitrogen and oxygen atoms in total. The van der Waals surface area contributed by atoms with E-state index in [9.17, 15) is 14.0 Å². The number of carbonyl (C=O) groups excluding carboxylic acids is 1. The molecular weight excluding hydrogens is 425 g/mol. The van der Waals surface area contributed by atoms with Crippen molar-refractivity contribution < 1.29 is 9.18 Å². The van der Waals surface area contributed by atoms with Gasteiger partial charge in [0.1, 0.15) is 16.7 Å². The van der Waals surface area contributed by atoms with Crippen LogP contribution in [-0.4, -0.2) is 15.5 Å². The number of benzene rings is 2. The lowest BCUT2D eigenvalue weighted by molar-refractivity contribution is -0.119. The van der Waals surface area contributed by atoms with Crippen molar-refractivity contribution in [3.63, 3.8) is 0 Å². The number of hydrogen-bond donors (Lipinski definition) is 1. The molecular formula is C25H24FN3O2S. The molecule has 7 heteroatoms. The summed E-state index contributed by atoms with van der Waals surface area (Å²) in [6.07, 6.45) is 1.87. The molecule has 0 aliphatic heterocycles. The van der Waals surface area contributed by atoms with Crippen LogP contribution in [0.3, 0.4) is 0 Å². The fraction of sp³-hybridized carbons (Fsp3) is 0.240. The van der Waals surface area contributed by atoms with Gasteiger partial charge in [0.25, 0.3) is 5.56 Å². The van der Waals surface area contributed by atoms with Crippen LogP contribution < -0.4 is 10.9 Å². The first-order valence-corrected chi connectivity index (χ1v) is 11.4. The van der Waals surface area contributed by atoms with Gasteiger partial charge in [0.2, 0.25) is 5.91 Å². The number of nitrogens with zero attached hydrogens (tertiary/aromatic N) is 2. The highest BCUT2D eigenvalue weighted by molar-refractivity contribution is 7.17. The first kappa shape index (κ1) is 21.9. The smallest absolute Gasteiger partial charge is 0.263 e. The maximum atomic E-state index is 13.5. The Morgan fingerprint density at radius 3 is 2.56 bits per heavy atom. The van der Waals surface area contributed by atoms with Crippen LogP contribution in [0.15, 0.2) is 65.0 Å². The molecule has 2 heterocycles. The lowest BCUT2D eigenvalue weighted by Crippen LogP contribution is -2.33. The maximum Gasteiger partial charge on any atom is 0.263 e. The van der Waals surface area contributed by atoms with Crippen molar-refractivity contribution in [3.05, 3.63) is 82.0 Å². The van der Waals surface area contributed by atoms with E-state index >= 15 is 0 Å². The highest BCUT2D eigenvalue weighted by atomic mass is 32.1. The number of rotatable bonds is 6. The molecule has 0 saturated carbocycles. The van der Waals surface area contributed by atoms with Crippen molar-refractivity contribution in [1.82, 2.24) is 9.55 Å². The van der Waals surface area contributed by atoms with Gasteiger partial charge < -0.3 is 5.32 Å². The monoisotopic (exact) mass is 449 g/mol. The second kappa shape index (κ2) is 9.04. The molecule has 164 valence electrons. The second-order valence-corrected chi connectivity index (χ2v) is 8.81. The number of carbonyl (C=O) groups is 1. The first-order chi connectivity index (χ1) is 15.4. The summed E-state index contributed by atoms with van der Waals surface area (Å²) in [5.74, 6) is -0.355. The summed E-state index contributed by atoms with van der Waals surface area (Å²) in [6.45, 7) is 6.00. The van der Waals surface area contributed by atoms with Crippen molar-refractivity contribution in [2.75, 3.05) is 5.32 Å². The van der Waals surface area contributed by atoms with Gasteiger partial charge in [-0.25, -0.2) is 9.37 Å². The molecule has 1 unspecified atom stereocenters. The Labute approximate surface area is 189 Å². The van der Waals surface area contributed by atoms with E-state index in [1.165, 1.54) is 34.4 Å². The van der Waals surface area contributed by atoms with E-state index in [2.05, 4.69) is 24.1 Å². The lowest BCUT2D eigenvalue weighted by Gasteiger charge is -2.20. The number of nitrogens with one attached hydrogen (secondary N) is 1. The Kier molecular flexibility index (Phi) is 6.19. The summed E-state index contributed by atoms with van der Waals surface area (Å²) in [5.41, 5.74) is 2.92. The van der Waals surface area contributed by atoms with E-state index in [1.54, 1.807) is 12.1 Å². The average Bonchev–Trinajstić information content (AvgIpc) is 3.21. The van der Waals surface area contributed by atoms with Crippen molar-refractivity contribution in [2.24, 2.45) is 0 Å². The Bertz CT molecular complexity index is 1330. The summed E-state index contributed by atoms with van der Waals surface area (Å²) in [6, 6.07) is 13.0. The quantitative estimate of drug-likeness (QED) is 0.394. The van der Waals surface area contributed by atoms with E-state index in [1.807, 2.05) is 36.6 Å². The fourth-order valence-corrected chi connectivity index (χ4v) is 4.75. The molecule has 1 N–H and O–H groups in total. The number of halogens is 1. The Morgan fingerprint density at radius 2 is 1.88 bits per heavy atom. The zero-order valence-corrected chi connectivity index (χ0v) is 18.9. The van der Waals surface area contributed by atoms with Gasteiger partial charge >= 0.3 is 0 Å². The van der Waals surface area contributed by atoms with Crippen molar-refractivity contribution in [3.8, 4) is 11.1 Å². The summed E-state index contributed by atoms with van der Waals surface area (Å²) in [4.78, 5) is 31.7. The predicted molar refractivity (Wildman–Crippen MR) is 128 cm³/mol. The minimum absolute atomic E-state index is 0.247. The Morgan fingerprint density at radius 1 is 1.16 bits per heavy atom. The lowest BCUT2D eigenvalue weighted by atomic mass is 10.0. The molecule has 32 heavy (non-hydrogen) atoms. The molecule has 4 aromatic rings. The van der Waals surface area contributed by atoms with Crippen LogP contribution >= 0.6 is 11.3 Å². The third kappa shape index (κ3) is 4.08. The number of thiophene rings is 1. The molecule has 0 saturated heterocycles. The maximum absolute atomic E-state index is 13.5. The Hall–Kier alpha value is -3.32. The standard InChI is InChI=1S/C25H24FN3O2S/c1-4-21(23(30)28-20-8-6-5-7-18(20)15(2)3)29-14-27-24-22(25(29)31)19(13-32-24)16-9-11-17(26)12-10-16/h5-15,21H,4H2,1-3H3,(H,28,30). The molecule has 1 atom stereocenters. The topological polar surface area (TPSA) is 64.0 Å². The van der Waals surface area contributed by atoms with Gasteiger partial charge in [0.05, 0.1) is 11.7 Å². The first-order valence-electron chi connectivity index (χ1n) is 10.5. The zero-order valence-electron chi connectivity index (χ0n) is 18.1. The average molecular weight is 450 g/mol. The molecule has 0 aliphatic carbocycles. The van der Waals surface area contributed by atoms with E-state index in [4.69, 9.17) is 0 Å². The summed E-state index contributed by atoms with van der Waals surface area (Å²) < 4.78 is 14.8. The van der Waals surface area contributed by atoms with Gasteiger partial charge in [0.15, 0.2) is 0 Å². The van der Waals surface area contributed by atoms with Crippen LogP contribution in [0, 0.1) is 5.82 Å². The van der Waals surface area contributed by atoms with Gasteiger partial charge in [0, 0.05) is 16.6 Å². The minimum Gasteiger partial charge on any atom is -0.324 e. The molecule has 2 aromatic carbocycles. The number of para-hydroxylation sites is 1. The normalized spacial score (nSPS) is 12.3. The molecule has 0 bridgehead atoms. The zero-order chi connectivity index (χ0) is 22.8. The molecule has 0 spiro atoms. The van der Waals surface area contributed by atoms with Crippen LogP contribution in [-0.2, 0) is 4.79 Å². The van der Waals surface area contributed by atoms with Crippen molar-refractivity contribution >= 4 is 33.1 Å².